The minimum atomic E-state index is -0.120. The predicted molar refractivity (Wildman–Crippen MR) is 112 cm³/mol. The largest absolute Gasteiger partial charge is 0.217 e. The molecule has 0 aliphatic rings. The highest BCUT2D eigenvalue weighted by molar-refractivity contribution is 5.55. The molecule has 0 aliphatic carbocycles. The van der Waals surface area contributed by atoms with E-state index in [1.54, 1.807) is 0 Å². The Labute approximate surface area is 162 Å². The zero-order valence-electron chi connectivity index (χ0n) is 17.2. The minimum Gasteiger partial charge on any atom is -0.217 e. The van der Waals surface area contributed by atoms with Gasteiger partial charge in [-0.2, -0.15) is 0 Å². The summed E-state index contributed by atoms with van der Waals surface area (Å²) in [5.41, 5.74) is 3.39. The van der Waals surface area contributed by atoms with Crippen molar-refractivity contribution >= 4 is 0 Å². The van der Waals surface area contributed by atoms with Gasteiger partial charge in [-0.3, -0.25) is 0 Å². The van der Waals surface area contributed by atoms with Crippen molar-refractivity contribution < 1.29 is 0 Å². The van der Waals surface area contributed by atoms with Crippen molar-refractivity contribution in [3.05, 3.63) is 77.4 Å². The maximum atomic E-state index is 4.78. The Morgan fingerprint density at radius 1 is 0.593 bits per heavy atom. The molecule has 0 radical (unpaired) electrons. The molecule has 0 amide bonds. The molecule has 0 spiro atoms. The van der Waals surface area contributed by atoms with Gasteiger partial charge in [0.15, 0.2) is 5.82 Å². The highest BCUT2D eigenvalue weighted by Gasteiger charge is 2.25. The normalized spacial score (nSPS) is 12.2. The Morgan fingerprint density at radius 2 is 1.07 bits per heavy atom. The van der Waals surface area contributed by atoms with E-state index in [0.29, 0.717) is 0 Å². The molecule has 0 atom stereocenters. The molecule has 3 rings (SSSR count). The van der Waals surface area contributed by atoms with Crippen molar-refractivity contribution in [3.63, 3.8) is 0 Å². The van der Waals surface area contributed by atoms with E-state index in [2.05, 4.69) is 90.1 Å². The van der Waals surface area contributed by atoms with Gasteiger partial charge in [-0.15, -0.1) is 0 Å². The van der Waals surface area contributed by atoms with Crippen LogP contribution in [0.5, 0.6) is 0 Å². The summed E-state index contributed by atoms with van der Waals surface area (Å²) in [5, 5.41) is 0. The topological polar surface area (TPSA) is 38.7 Å². The summed E-state index contributed by atoms with van der Waals surface area (Å²) in [7, 11) is 0. The molecular formula is C24H29N3. The van der Waals surface area contributed by atoms with Gasteiger partial charge in [0.1, 0.15) is 11.6 Å². The van der Waals surface area contributed by atoms with E-state index in [1.807, 2.05) is 6.07 Å². The fourth-order valence-corrected chi connectivity index (χ4v) is 2.78. The fourth-order valence-electron chi connectivity index (χ4n) is 2.78. The van der Waals surface area contributed by atoms with Crippen molar-refractivity contribution in [1.82, 2.24) is 15.0 Å². The van der Waals surface area contributed by atoms with Crippen LogP contribution in [0.25, 0.3) is 11.4 Å². The first kappa shape index (κ1) is 19.2. The van der Waals surface area contributed by atoms with Gasteiger partial charge in [0.25, 0.3) is 0 Å². The summed E-state index contributed by atoms with van der Waals surface area (Å²) in [5.74, 6) is 2.43. The molecular weight excluding hydrogens is 330 g/mol. The second-order valence-corrected chi connectivity index (χ2v) is 9.17. The van der Waals surface area contributed by atoms with Crippen LogP contribution in [0, 0.1) is 0 Å². The molecule has 27 heavy (non-hydrogen) atoms. The van der Waals surface area contributed by atoms with E-state index in [9.17, 15) is 0 Å². The van der Waals surface area contributed by atoms with Crippen LogP contribution in [0.2, 0.25) is 0 Å². The van der Waals surface area contributed by atoms with Crippen molar-refractivity contribution in [2.45, 2.75) is 58.8 Å². The number of nitrogens with zero attached hydrogens (tertiary/aromatic N) is 3. The van der Waals surface area contributed by atoms with Gasteiger partial charge < -0.3 is 0 Å². The van der Waals surface area contributed by atoms with Crippen molar-refractivity contribution in [3.8, 4) is 11.4 Å². The summed E-state index contributed by atoms with van der Waals surface area (Å²) in [6.45, 7) is 12.8. The van der Waals surface area contributed by atoms with Gasteiger partial charge in [0, 0.05) is 16.4 Å². The van der Waals surface area contributed by atoms with E-state index in [1.165, 1.54) is 11.1 Å². The maximum Gasteiger partial charge on any atom is 0.163 e. The van der Waals surface area contributed by atoms with Crippen LogP contribution < -0.4 is 0 Å². The maximum absolute atomic E-state index is 4.78. The molecule has 1 aromatic heterocycles. The number of aromatic nitrogens is 3. The SMILES string of the molecule is CC(C)(C)c1nc(-c2ccc(Cc3ccccc3)cc2)nc(C(C)(C)C)n1. The smallest absolute Gasteiger partial charge is 0.163 e. The predicted octanol–water partition coefficient (Wildman–Crippen LogP) is 5.72. The van der Waals surface area contributed by atoms with E-state index in [0.717, 1.165) is 29.5 Å². The van der Waals surface area contributed by atoms with Crippen LogP contribution in [0.1, 0.15) is 64.3 Å². The van der Waals surface area contributed by atoms with Crippen LogP contribution >= 0.6 is 0 Å². The Kier molecular flexibility index (Phi) is 5.14. The Balaban J connectivity index is 1.95. The molecule has 2 aromatic carbocycles. The summed E-state index contributed by atoms with van der Waals surface area (Å²) < 4.78 is 0. The first-order chi connectivity index (χ1) is 12.6. The van der Waals surface area contributed by atoms with Gasteiger partial charge in [0.05, 0.1) is 0 Å². The van der Waals surface area contributed by atoms with Crippen LogP contribution in [0.3, 0.4) is 0 Å². The molecule has 0 bridgehead atoms. The summed E-state index contributed by atoms with van der Waals surface area (Å²) in [6.07, 6.45) is 0.929. The number of hydrogen-bond donors (Lipinski definition) is 0. The third-order valence-electron chi connectivity index (χ3n) is 4.44. The van der Waals surface area contributed by atoms with Crippen molar-refractivity contribution in [2.24, 2.45) is 0 Å². The average molecular weight is 360 g/mol. The molecule has 0 saturated carbocycles. The molecule has 0 N–H and O–H groups in total. The first-order valence-corrected chi connectivity index (χ1v) is 9.53. The van der Waals surface area contributed by atoms with E-state index in [-0.39, 0.29) is 10.8 Å². The number of benzene rings is 2. The zero-order chi connectivity index (χ0) is 19.7. The number of hydrogen-bond acceptors (Lipinski definition) is 3. The Bertz CT molecular complexity index is 867. The molecule has 3 heteroatoms. The molecule has 3 aromatic rings. The van der Waals surface area contributed by atoms with Gasteiger partial charge in [0.2, 0.25) is 0 Å². The quantitative estimate of drug-likeness (QED) is 0.600. The fraction of sp³-hybridized carbons (Fsp3) is 0.375. The molecule has 0 aliphatic heterocycles. The van der Waals surface area contributed by atoms with Gasteiger partial charge >= 0.3 is 0 Å². The Hall–Kier alpha value is -2.55. The first-order valence-electron chi connectivity index (χ1n) is 9.53. The molecule has 3 nitrogen and oxygen atoms in total. The third-order valence-corrected chi connectivity index (χ3v) is 4.44. The molecule has 140 valence electrons. The molecule has 1 heterocycles. The van der Waals surface area contributed by atoms with Gasteiger partial charge in [-0.25, -0.2) is 15.0 Å². The zero-order valence-corrected chi connectivity index (χ0v) is 17.2. The standard InChI is InChI=1S/C24H29N3/c1-23(2,3)21-25-20(26-22(27-21)24(4,5)6)19-14-12-18(13-15-19)16-17-10-8-7-9-11-17/h7-15H,16H2,1-6H3. The molecule has 0 saturated heterocycles. The lowest BCUT2D eigenvalue weighted by Crippen LogP contribution is -2.24. The third kappa shape index (κ3) is 4.79. The van der Waals surface area contributed by atoms with Crippen LogP contribution in [-0.4, -0.2) is 15.0 Å². The summed E-state index contributed by atoms with van der Waals surface area (Å²) in [4.78, 5) is 14.3. The Morgan fingerprint density at radius 3 is 1.56 bits per heavy atom. The highest BCUT2D eigenvalue weighted by atomic mass is 15.0. The van der Waals surface area contributed by atoms with Crippen molar-refractivity contribution in [2.75, 3.05) is 0 Å². The minimum absolute atomic E-state index is 0.120. The van der Waals surface area contributed by atoms with E-state index >= 15 is 0 Å². The summed E-state index contributed by atoms with van der Waals surface area (Å²) >= 11 is 0. The second kappa shape index (κ2) is 7.22. The average Bonchev–Trinajstić information content (AvgIpc) is 2.61. The lowest BCUT2D eigenvalue weighted by molar-refractivity contribution is 0.497. The van der Waals surface area contributed by atoms with Gasteiger partial charge in [-0.1, -0.05) is 96.1 Å². The van der Waals surface area contributed by atoms with Crippen LogP contribution in [-0.2, 0) is 17.3 Å². The van der Waals surface area contributed by atoms with E-state index < -0.39 is 0 Å². The van der Waals surface area contributed by atoms with Crippen LogP contribution in [0.4, 0.5) is 0 Å². The molecule has 0 fully saturated rings. The summed E-state index contributed by atoms with van der Waals surface area (Å²) in [6, 6.07) is 19.1. The highest BCUT2D eigenvalue weighted by Crippen LogP contribution is 2.26. The number of rotatable bonds is 3. The van der Waals surface area contributed by atoms with E-state index in [4.69, 9.17) is 15.0 Å². The van der Waals surface area contributed by atoms with Crippen molar-refractivity contribution in [1.29, 1.82) is 0 Å². The monoisotopic (exact) mass is 359 g/mol. The lowest BCUT2D eigenvalue weighted by Gasteiger charge is -2.22. The van der Waals surface area contributed by atoms with Gasteiger partial charge in [-0.05, 0) is 17.5 Å². The molecule has 0 unspecified atom stereocenters. The van der Waals surface area contributed by atoms with Crippen LogP contribution in [0.15, 0.2) is 54.6 Å². The lowest BCUT2D eigenvalue weighted by atomic mass is 9.93. The second-order valence-electron chi connectivity index (χ2n) is 9.17.